The van der Waals surface area contributed by atoms with Crippen LogP contribution in [0, 0.1) is 0 Å². The predicted molar refractivity (Wildman–Crippen MR) is 218 cm³/mol. The van der Waals surface area contributed by atoms with Gasteiger partial charge in [0.2, 0.25) is 5.91 Å². The fraction of sp³-hybridized carbons (Fsp3) is 0.911. The van der Waals surface area contributed by atoms with Crippen molar-refractivity contribution in [2.45, 2.75) is 257 Å². The van der Waals surface area contributed by atoms with Gasteiger partial charge in [0.25, 0.3) is 0 Å². The fourth-order valence-electron chi connectivity index (χ4n) is 6.90. The standard InChI is InChI=1S/C45H87NO5/c1-4-7-10-13-16-19-20-21-22-23-24-26-28-31-34-37-43(48)42(40-47)46-44(49)39-41(36-33-30-27-18-15-12-9-6-3)51-45(50)38-35-32-29-25-17-14-11-8-5-2/h12,15,41-43,47-48H,4-11,13-14,16-40H2,1-3H3,(H,46,49)/b15-12-. The second kappa shape index (κ2) is 39.8. The Morgan fingerprint density at radius 1 is 0.549 bits per heavy atom. The molecule has 6 nitrogen and oxygen atoms in total. The summed E-state index contributed by atoms with van der Waals surface area (Å²) >= 11 is 0. The maximum absolute atomic E-state index is 13.0. The van der Waals surface area contributed by atoms with Crippen molar-refractivity contribution in [3.05, 3.63) is 12.2 Å². The molecular weight excluding hydrogens is 634 g/mol. The summed E-state index contributed by atoms with van der Waals surface area (Å²) in [5.41, 5.74) is 0. The van der Waals surface area contributed by atoms with E-state index in [4.69, 9.17) is 4.74 Å². The number of unbranched alkanes of at least 4 members (excludes halogenated alkanes) is 26. The van der Waals surface area contributed by atoms with Gasteiger partial charge in [-0.1, -0.05) is 193 Å². The number of hydrogen-bond acceptors (Lipinski definition) is 5. The van der Waals surface area contributed by atoms with Gasteiger partial charge in [0, 0.05) is 6.42 Å². The highest BCUT2D eigenvalue weighted by atomic mass is 16.5. The second-order valence-corrected chi connectivity index (χ2v) is 15.5. The largest absolute Gasteiger partial charge is 0.462 e. The van der Waals surface area contributed by atoms with Crippen LogP contribution in [0.4, 0.5) is 0 Å². The first-order valence-corrected chi connectivity index (χ1v) is 22.4. The minimum Gasteiger partial charge on any atom is -0.462 e. The van der Waals surface area contributed by atoms with Gasteiger partial charge < -0.3 is 20.3 Å². The Morgan fingerprint density at radius 2 is 0.980 bits per heavy atom. The highest BCUT2D eigenvalue weighted by molar-refractivity contribution is 5.77. The zero-order valence-electron chi connectivity index (χ0n) is 34.3. The number of nitrogens with one attached hydrogen (secondary N) is 1. The van der Waals surface area contributed by atoms with Crippen molar-refractivity contribution in [3.8, 4) is 0 Å². The first-order valence-electron chi connectivity index (χ1n) is 22.4. The number of aliphatic hydroxyl groups is 2. The molecule has 0 saturated heterocycles. The van der Waals surface area contributed by atoms with E-state index in [-0.39, 0.29) is 24.9 Å². The third-order valence-corrected chi connectivity index (χ3v) is 10.3. The molecule has 0 aliphatic heterocycles. The lowest BCUT2D eigenvalue weighted by atomic mass is 10.0. The Kier molecular flexibility index (Phi) is 38.7. The van der Waals surface area contributed by atoms with Gasteiger partial charge in [0.15, 0.2) is 0 Å². The summed E-state index contributed by atoms with van der Waals surface area (Å²) in [5, 5.41) is 23.6. The topological polar surface area (TPSA) is 95.9 Å². The fourth-order valence-corrected chi connectivity index (χ4v) is 6.90. The summed E-state index contributed by atoms with van der Waals surface area (Å²) in [7, 11) is 0. The minimum atomic E-state index is -0.783. The molecule has 0 aromatic rings. The van der Waals surface area contributed by atoms with Crippen molar-refractivity contribution in [3.63, 3.8) is 0 Å². The quantitative estimate of drug-likeness (QED) is 0.0332. The van der Waals surface area contributed by atoms with E-state index >= 15 is 0 Å². The van der Waals surface area contributed by atoms with E-state index in [0.29, 0.717) is 19.3 Å². The molecule has 0 aromatic heterocycles. The Balaban J connectivity index is 4.41. The lowest BCUT2D eigenvalue weighted by Gasteiger charge is -2.24. The van der Waals surface area contributed by atoms with Crippen LogP contribution in [0.2, 0.25) is 0 Å². The number of carbonyl (C=O) groups excluding carboxylic acids is 2. The molecule has 0 bridgehead atoms. The normalized spacial score (nSPS) is 13.4. The van der Waals surface area contributed by atoms with Crippen molar-refractivity contribution >= 4 is 11.9 Å². The van der Waals surface area contributed by atoms with E-state index < -0.39 is 18.2 Å². The van der Waals surface area contributed by atoms with Gasteiger partial charge in [0.1, 0.15) is 6.10 Å². The SMILES string of the molecule is CCC/C=C\CCCCCC(CC(=O)NC(CO)C(O)CCCCCCCCCCCCCCCCC)OC(=O)CCCCCCCCCCC. The average molecular weight is 722 g/mol. The number of aliphatic hydroxyl groups excluding tert-OH is 2. The second-order valence-electron chi connectivity index (χ2n) is 15.5. The van der Waals surface area contributed by atoms with E-state index in [0.717, 1.165) is 64.2 Å². The van der Waals surface area contributed by atoms with E-state index in [2.05, 4.69) is 38.2 Å². The summed E-state index contributed by atoms with van der Waals surface area (Å²) in [6, 6.07) is -0.697. The molecule has 0 aromatic carbocycles. The van der Waals surface area contributed by atoms with Gasteiger partial charge in [-0.25, -0.2) is 0 Å². The monoisotopic (exact) mass is 722 g/mol. The zero-order chi connectivity index (χ0) is 37.5. The number of esters is 1. The molecule has 51 heavy (non-hydrogen) atoms. The molecule has 3 unspecified atom stereocenters. The van der Waals surface area contributed by atoms with E-state index in [1.54, 1.807) is 0 Å². The molecule has 0 fully saturated rings. The number of ether oxygens (including phenoxy) is 1. The summed E-state index contributed by atoms with van der Waals surface area (Å²) in [4.78, 5) is 25.8. The molecule has 1 amide bonds. The van der Waals surface area contributed by atoms with Crippen LogP contribution in [0.25, 0.3) is 0 Å². The predicted octanol–water partition coefficient (Wildman–Crippen LogP) is 12.6. The number of amides is 1. The van der Waals surface area contributed by atoms with Crippen LogP contribution in [-0.2, 0) is 14.3 Å². The van der Waals surface area contributed by atoms with Gasteiger partial charge in [-0.2, -0.15) is 0 Å². The molecule has 0 heterocycles. The first kappa shape index (κ1) is 49.6. The number of hydrogen-bond donors (Lipinski definition) is 3. The Labute approximate surface area is 317 Å². The lowest BCUT2D eigenvalue weighted by Crippen LogP contribution is -2.46. The van der Waals surface area contributed by atoms with Crippen LogP contribution in [0.3, 0.4) is 0 Å². The molecule has 0 rings (SSSR count). The third kappa shape index (κ3) is 35.4. The molecule has 0 aliphatic rings. The van der Waals surface area contributed by atoms with Crippen LogP contribution in [0.1, 0.15) is 239 Å². The summed E-state index contributed by atoms with van der Waals surface area (Å²) in [6.45, 7) is 6.39. The smallest absolute Gasteiger partial charge is 0.306 e. The maximum Gasteiger partial charge on any atom is 0.306 e. The zero-order valence-corrected chi connectivity index (χ0v) is 34.3. The van der Waals surface area contributed by atoms with Gasteiger partial charge in [-0.15, -0.1) is 0 Å². The van der Waals surface area contributed by atoms with E-state index in [1.807, 2.05) is 0 Å². The molecule has 6 heteroatoms. The number of carbonyl (C=O) groups is 2. The van der Waals surface area contributed by atoms with Gasteiger partial charge in [0.05, 0.1) is 25.2 Å². The average Bonchev–Trinajstić information content (AvgIpc) is 3.12. The molecule has 3 N–H and O–H groups in total. The third-order valence-electron chi connectivity index (χ3n) is 10.3. The van der Waals surface area contributed by atoms with Gasteiger partial charge >= 0.3 is 5.97 Å². The maximum atomic E-state index is 13.0. The van der Waals surface area contributed by atoms with Crippen LogP contribution >= 0.6 is 0 Å². The van der Waals surface area contributed by atoms with Crippen LogP contribution in [0.15, 0.2) is 12.2 Å². The van der Waals surface area contributed by atoms with Crippen molar-refractivity contribution in [1.82, 2.24) is 5.32 Å². The first-order chi connectivity index (χ1) is 25.0. The summed E-state index contributed by atoms with van der Waals surface area (Å²) in [6.07, 6.45) is 41.4. The van der Waals surface area contributed by atoms with Crippen molar-refractivity contribution in [2.24, 2.45) is 0 Å². The van der Waals surface area contributed by atoms with Crippen molar-refractivity contribution in [2.75, 3.05) is 6.61 Å². The van der Waals surface area contributed by atoms with Gasteiger partial charge in [-0.3, -0.25) is 9.59 Å². The Hall–Kier alpha value is -1.40. The molecule has 302 valence electrons. The molecule has 0 saturated carbocycles. The summed E-state index contributed by atoms with van der Waals surface area (Å²) < 4.78 is 5.85. The Bertz CT molecular complexity index is 772. The molecular formula is C45H87NO5. The molecule has 0 aliphatic carbocycles. The summed E-state index contributed by atoms with van der Waals surface area (Å²) in [5.74, 6) is -0.488. The van der Waals surface area contributed by atoms with E-state index in [9.17, 15) is 19.8 Å². The highest BCUT2D eigenvalue weighted by Crippen LogP contribution is 2.17. The van der Waals surface area contributed by atoms with Crippen LogP contribution < -0.4 is 5.32 Å². The van der Waals surface area contributed by atoms with Crippen LogP contribution in [0.5, 0.6) is 0 Å². The Morgan fingerprint density at radius 3 is 1.47 bits per heavy atom. The number of rotatable bonds is 40. The van der Waals surface area contributed by atoms with Crippen molar-refractivity contribution in [1.29, 1.82) is 0 Å². The van der Waals surface area contributed by atoms with Crippen LogP contribution in [-0.4, -0.2) is 46.9 Å². The molecule has 3 atom stereocenters. The minimum absolute atomic E-state index is 0.0715. The number of allylic oxidation sites excluding steroid dienone is 2. The van der Waals surface area contributed by atoms with Gasteiger partial charge in [-0.05, 0) is 44.9 Å². The molecule has 0 spiro atoms. The lowest BCUT2D eigenvalue weighted by molar-refractivity contribution is -0.151. The molecule has 0 radical (unpaired) electrons. The highest BCUT2D eigenvalue weighted by Gasteiger charge is 2.24. The van der Waals surface area contributed by atoms with Crippen molar-refractivity contribution < 1.29 is 24.5 Å². The van der Waals surface area contributed by atoms with E-state index in [1.165, 1.54) is 128 Å².